The molecule has 2 N–H and O–H groups in total. The summed E-state index contributed by atoms with van der Waals surface area (Å²) in [6, 6.07) is 4.09. The maximum Gasteiger partial charge on any atom is 0.310 e. The number of nitrogens with zero attached hydrogens (tertiary/aromatic N) is 2. The van der Waals surface area contributed by atoms with E-state index < -0.39 is 47.0 Å². The van der Waals surface area contributed by atoms with Crippen molar-refractivity contribution in [3.63, 3.8) is 0 Å². The molecular weight excluding hydrogens is 460 g/mol. The smallest absolute Gasteiger partial charge is 0.310 e. The van der Waals surface area contributed by atoms with Crippen molar-refractivity contribution in [2.45, 2.75) is 77.2 Å². The monoisotopic (exact) mass is 498 g/mol. The van der Waals surface area contributed by atoms with E-state index in [0.29, 0.717) is 19.3 Å². The van der Waals surface area contributed by atoms with Gasteiger partial charge >= 0.3 is 5.97 Å². The van der Waals surface area contributed by atoms with Crippen LogP contribution in [0.5, 0.6) is 0 Å². The number of likely N-dealkylation sites (tertiary alicyclic amines) is 1. The largest absolute Gasteiger partial charge is 0.481 e. The zero-order valence-corrected chi connectivity index (χ0v) is 21.9. The maximum atomic E-state index is 14.6. The predicted molar refractivity (Wildman–Crippen MR) is 135 cm³/mol. The summed E-state index contributed by atoms with van der Waals surface area (Å²) in [5.41, 5.74) is 0.314. The molecule has 3 heterocycles. The predicted octanol–water partition coefficient (Wildman–Crippen LogP) is 3.08. The second-order valence-corrected chi connectivity index (χ2v) is 10.9. The molecule has 3 aliphatic heterocycles. The van der Waals surface area contributed by atoms with Crippen molar-refractivity contribution in [3.05, 3.63) is 42.0 Å². The number of carboxylic acid groups (broad SMARTS) is 1. The molecule has 3 saturated heterocycles. The minimum atomic E-state index is -1.26. The summed E-state index contributed by atoms with van der Waals surface area (Å²) in [7, 11) is 0. The summed E-state index contributed by atoms with van der Waals surface area (Å²) in [5.74, 6) is -3.99. The number of anilines is 1. The van der Waals surface area contributed by atoms with Crippen LogP contribution >= 0.6 is 0 Å². The van der Waals surface area contributed by atoms with Gasteiger partial charge in [0.05, 0.1) is 24.2 Å². The number of hydrogen-bond acceptors (Lipinski definition) is 5. The Morgan fingerprint density at radius 1 is 1.28 bits per heavy atom. The van der Waals surface area contributed by atoms with E-state index in [9.17, 15) is 24.6 Å². The number of rotatable bonds is 9. The summed E-state index contributed by atoms with van der Waals surface area (Å²) in [4.78, 5) is 44.3. The summed E-state index contributed by atoms with van der Waals surface area (Å²) < 4.78 is 6.63. The first kappa shape index (κ1) is 26.4. The van der Waals surface area contributed by atoms with Crippen LogP contribution in [-0.4, -0.2) is 69.3 Å². The van der Waals surface area contributed by atoms with Crippen LogP contribution in [0.4, 0.5) is 5.69 Å². The molecule has 2 bridgehead atoms. The van der Waals surface area contributed by atoms with Gasteiger partial charge in [-0.2, -0.15) is 0 Å². The molecular formula is C28H38N2O6. The van der Waals surface area contributed by atoms with Crippen LogP contribution in [0.25, 0.3) is 0 Å². The molecule has 4 rings (SSSR count). The Kier molecular flexibility index (Phi) is 6.81. The SMILES string of the molecule is C=CCN(C(=O)C1N([C@@H](CO)C(C)C)C(=O)[C@@H]2[C@@H](C(=O)O)[C@@]3(CC)CCC12O3)c1c(C)cccc1C. The Morgan fingerprint density at radius 3 is 2.42 bits per heavy atom. The number of aryl methyl sites for hydroxylation is 2. The van der Waals surface area contributed by atoms with Crippen LogP contribution in [0.3, 0.4) is 0 Å². The molecule has 0 radical (unpaired) electrons. The first-order valence-electron chi connectivity index (χ1n) is 12.9. The van der Waals surface area contributed by atoms with Crippen molar-refractivity contribution < 1.29 is 29.3 Å². The normalized spacial score (nSPS) is 31.6. The highest BCUT2D eigenvalue weighted by Gasteiger charge is 2.79. The number of hydrogen-bond donors (Lipinski definition) is 2. The highest BCUT2D eigenvalue weighted by Crippen LogP contribution is 2.64. The lowest BCUT2D eigenvalue weighted by molar-refractivity contribution is -0.158. The van der Waals surface area contributed by atoms with Crippen LogP contribution < -0.4 is 4.90 Å². The minimum absolute atomic E-state index is 0.154. The number of carbonyl (C=O) groups is 3. The Labute approximate surface area is 212 Å². The van der Waals surface area contributed by atoms with E-state index in [1.807, 2.05) is 52.8 Å². The van der Waals surface area contributed by atoms with Gasteiger partial charge in [-0.25, -0.2) is 0 Å². The van der Waals surface area contributed by atoms with E-state index in [1.54, 1.807) is 11.0 Å². The Morgan fingerprint density at radius 2 is 1.92 bits per heavy atom. The minimum Gasteiger partial charge on any atom is -0.481 e. The van der Waals surface area contributed by atoms with Gasteiger partial charge in [0.25, 0.3) is 5.91 Å². The van der Waals surface area contributed by atoms with E-state index in [4.69, 9.17) is 4.74 Å². The van der Waals surface area contributed by atoms with Gasteiger partial charge in [-0.3, -0.25) is 14.4 Å². The molecule has 0 saturated carbocycles. The van der Waals surface area contributed by atoms with Gasteiger partial charge in [0.2, 0.25) is 5.91 Å². The molecule has 8 heteroatoms. The van der Waals surface area contributed by atoms with E-state index in [1.165, 1.54) is 4.90 Å². The Hall–Kier alpha value is -2.71. The first-order chi connectivity index (χ1) is 17.0. The van der Waals surface area contributed by atoms with Gasteiger partial charge in [0.15, 0.2) is 0 Å². The summed E-state index contributed by atoms with van der Waals surface area (Å²) >= 11 is 0. The second-order valence-electron chi connectivity index (χ2n) is 10.9. The third-order valence-corrected chi connectivity index (χ3v) is 8.72. The van der Waals surface area contributed by atoms with Crippen molar-refractivity contribution >= 4 is 23.5 Å². The average Bonchev–Trinajstić information content (AvgIpc) is 3.42. The van der Waals surface area contributed by atoms with Gasteiger partial charge in [-0.15, -0.1) is 6.58 Å². The highest BCUT2D eigenvalue weighted by molar-refractivity contribution is 6.05. The van der Waals surface area contributed by atoms with Crippen LogP contribution in [0.1, 0.15) is 51.2 Å². The molecule has 3 fully saturated rings. The van der Waals surface area contributed by atoms with Crippen molar-refractivity contribution in [2.24, 2.45) is 17.8 Å². The third kappa shape index (κ3) is 3.52. The van der Waals surface area contributed by atoms with Gasteiger partial charge in [0.1, 0.15) is 17.6 Å². The number of benzene rings is 1. The number of carboxylic acids is 1. The Balaban J connectivity index is 1.92. The topological polar surface area (TPSA) is 107 Å². The molecule has 36 heavy (non-hydrogen) atoms. The average molecular weight is 499 g/mol. The van der Waals surface area contributed by atoms with E-state index in [-0.39, 0.29) is 25.0 Å². The summed E-state index contributed by atoms with van der Waals surface area (Å²) in [5, 5.41) is 20.6. The fourth-order valence-corrected chi connectivity index (χ4v) is 7.09. The standard InChI is InChI=1S/C28H38N2O6/c1-7-14-29(22-17(5)10-9-11-18(22)6)25(33)23-28-13-12-27(8-2,36-28)21(26(34)35)20(28)24(32)30(23)19(15-31)16(3)4/h7,9-11,16,19-21,23,31H,1,8,12-15H2,2-6H3,(H,34,35)/t19-,20-,21-,23?,27+,28?/m0/s1. The van der Waals surface area contributed by atoms with Crippen molar-refractivity contribution in [1.82, 2.24) is 4.90 Å². The van der Waals surface area contributed by atoms with Gasteiger partial charge in [-0.05, 0) is 50.2 Å². The van der Waals surface area contributed by atoms with Crippen LogP contribution in [-0.2, 0) is 19.1 Å². The number of aliphatic hydroxyl groups is 1. The van der Waals surface area contributed by atoms with Gasteiger partial charge in [0, 0.05) is 12.2 Å². The lowest BCUT2D eigenvalue weighted by Gasteiger charge is -2.41. The number of fused-ring (bicyclic) bond motifs is 1. The zero-order valence-electron chi connectivity index (χ0n) is 21.9. The molecule has 8 nitrogen and oxygen atoms in total. The maximum absolute atomic E-state index is 14.6. The lowest BCUT2D eigenvalue weighted by Crippen LogP contribution is -2.60. The molecule has 1 spiro atoms. The van der Waals surface area contributed by atoms with Gasteiger partial charge in [-0.1, -0.05) is 45.0 Å². The van der Waals surface area contributed by atoms with Crippen LogP contribution in [0.15, 0.2) is 30.9 Å². The molecule has 2 unspecified atom stereocenters. The molecule has 3 aliphatic rings. The first-order valence-corrected chi connectivity index (χ1v) is 12.9. The number of para-hydroxylation sites is 1. The van der Waals surface area contributed by atoms with E-state index in [2.05, 4.69) is 6.58 Å². The highest BCUT2D eigenvalue weighted by atomic mass is 16.5. The fourth-order valence-electron chi connectivity index (χ4n) is 7.09. The second kappa shape index (κ2) is 9.30. The number of carbonyl (C=O) groups excluding carboxylic acids is 2. The molecule has 1 aromatic rings. The number of aliphatic carboxylic acids is 1. The third-order valence-electron chi connectivity index (χ3n) is 8.72. The van der Waals surface area contributed by atoms with Crippen LogP contribution in [0.2, 0.25) is 0 Å². The molecule has 196 valence electrons. The molecule has 0 aromatic heterocycles. The molecule has 0 aliphatic carbocycles. The van der Waals surface area contributed by atoms with Crippen LogP contribution in [0, 0.1) is 31.6 Å². The molecule has 6 atom stereocenters. The fraction of sp³-hybridized carbons (Fsp3) is 0.607. The van der Waals surface area contributed by atoms with Gasteiger partial charge < -0.3 is 24.7 Å². The molecule has 1 aromatic carbocycles. The van der Waals surface area contributed by atoms with E-state index >= 15 is 0 Å². The number of ether oxygens (including phenoxy) is 1. The number of amides is 2. The Bertz CT molecular complexity index is 1070. The summed E-state index contributed by atoms with van der Waals surface area (Å²) in [6.07, 6.45) is 2.97. The van der Waals surface area contributed by atoms with Crippen molar-refractivity contribution in [1.29, 1.82) is 0 Å². The van der Waals surface area contributed by atoms with E-state index in [0.717, 1.165) is 16.8 Å². The lowest BCUT2D eigenvalue weighted by atomic mass is 9.65. The van der Waals surface area contributed by atoms with Crippen molar-refractivity contribution in [3.8, 4) is 0 Å². The zero-order chi connectivity index (χ0) is 26.6. The quantitative estimate of drug-likeness (QED) is 0.507. The molecule has 2 amide bonds. The van der Waals surface area contributed by atoms with Crippen molar-refractivity contribution in [2.75, 3.05) is 18.1 Å². The summed E-state index contributed by atoms with van der Waals surface area (Å²) in [6.45, 7) is 13.2. The number of aliphatic hydroxyl groups excluding tert-OH is 1.